The molecule has 6 heteroatoms. The Balaban J connectivity index is 2.51. The van der Waals surface area contributed by atoms with E-state index in [4.69, 9.17) is 9.84 Å². The molecule has 0 amide bonds. The third-order valence-electron chi connectivity index (χ3n) is 2.04. The van der Waals surface area contributed by atoms with Crippen molar-refractivity contribution in [1.82, 2.24) is 9.78 Å². The molecule has 90 valence electrons. The van der Waals surface area contributed by atoms with E-state index in [1.165, 1.54) is 13.1 Å². The van der Waals surface area contributed by atoms with E-state index in [1.54, 1.807) is 10.9 Å². The van der Waals surface area contributed by atoms with Gasteiger partial charge in [0.2, 0.25) is 0 Å². The molecule has 0 bridgehead atoms. The van der Waals surface area contributed by atoms with Crippen LogP contribution in [0, 0.1) is 0 Å². The largest absolute Gasteiger partial charge is 0.487 e. The molecule has 2 N–H and O–H groups in total. The van der Waals surface area contributed by atoms with Crippen LogP contribution >= 0.6 is 0 Å². The van der Waals surface area contributed by atoms with E-state index >= 15 is 0 Å². The van der Waals surface area contributed by atoms with E-state index in [-0.39, 0.29) is 6.61 Å². The molecule has 1 unspecified atom stereocenters. The lowest BCUT2D eigenvalue weighted by molar-refractivity contribution is -0.159. The minimum Gasteiger partial charge on any atom is -0.487 e. The first-order chi connectivity index (χ1) is 7.45. The van der Waals surface area contributed by atoms with Crippen molar-refractivity contribution in [2.45, 2.75) is 32.4 Å². The first-order valence-electron chi connectivity index (χ1n) is 5.06. The van der Waals surface area contributed by atoms with E-state index < -0.39 is 11.6 Å². The molecule has 0 aliphatic carbocycles. The summed E-state index contributed by atoms with van der Waals surface area (Å²) in [4.78, 5) is 10.6. The van der Waals surface area contributed by atoms with Crippen molar-refractivity contribution in [3.05, 3.63) is 12.4 Å². The molecule has 0 fully saturated rings. The lowest BCUT2D eigenvalue weighted by atomic mass is 10.1. The molecule has 0 saturated heterocycles. The van der Waals surface area contributed by atoms with Crippen LogP contribution in [0.3, 0.4) is 0 Å². The first-order valence-corrected chi connectivity index (χ1v) is 5.06. The van der Waals surface area contributed by atoms with Gasteiger partial charge in [-0.15, -0.1) is 0 Å². The molecule has 0 aliphatic rings. The van der Waals surface area contributed by atoms with E-state index in [2.05, 4.69) is 5.10 Å². The van der Waals surface area contributed by atoms with Crippen LogP contribution in [0.2, 0.25) is 0 Å². The van der Waals surface area contributed by atoms with Gasteiger partial charge in [0.25, 0.3) is 0 Å². The molecule has 0 aliphatic heterocycles. The number of hydrogen-bond donors (Lipinski definition) is 2. The molecular weight excluding hydrogens is 212 g/mol. The van der Waals surface area contributed by atoms with Gasteiger partial charge in [-0.3, -0.25) is 4.68 Å². The van der Waals surface area contributed by atoms with Crippen LogP contribution in [-0.4, -0.2) is 38.2 Å². The van der Waals surface area contributed by atoms with Crippen molar-refractivity contribution in [3.63, 3.8) is 0 Å². The quantitative estimate of drug-likeness (QED) is 0.741. The Bertz CT molecular complexity index is 359. The van der Waals surface area contributed by atoms with Gasteiger partial charge >= 0.3 is 5.97 Å². The zero-order valence-electron chi connectivity index (χ0n) is 9.38. The highest BCUT2D eigenvalue weighted by Gasteiger charge is 2.31. The van der Waals surface area contributed by atoms with Gasteiger partial charge in [-0.2, -0.15) is 5.10 Å². The molecule has 6 nitrogen and oxygen atoms in total. The summed E-state index contributed by atoms with van der Waals surface area (Å²) >= 11 is 0. The van der Waals surface area contributed by atoms with Gasteiger partial charge in [0.15, 0.2) is 11.4 Å². The standard InChI is InChI=1S/C10H16N2O4/c1-3-4-12-6-8(5-11-12)16-7-10(2,15)9(13)14/h5-6,15H,3-4,7H2,1-2H3,(H,13,14). The number of carboxylic acid groups (broad SMARTS) is 1. The Labute approximate surface area is 93.5 Å². The lowest BCUT2D eigenvalue weighted by Gasteiger charge is -2.17. The summed E-state index contributed by atoms with van der Waals surface area (Å²) in [7, 11) is 0. The SMILES string of the molecule is CCCn1cc(OCC(C)(O)C(=O)O)cn1. The third kappa shape index (κ3) is 3.23. The molecule has 1 aromatic rings. The Hall–Kier alpha value is -1.56. The van der Waals surface area contributed by atoms with E-state index in [9.17, 15) is 9.90 Å². The number of ether oxygens (including phenoxy) is 1. The maximum Gasteiger partial charge on any atom is 0.339 e. The van der Waals surface area contributed by atoms with Gasteiger partial charge in [0.1, 0.15) is 6.61 Å². The van der Waals surface area contributed by atoms with E-state index in [0.29, 0.717) is 5.75 Å². The molecule has 16 heavy (non-hydrogen) atoms. The Morgan fingerprint density at radius 2 is 2.38 bits per heavy atom. The summed E-state index contributed by atoms with van der Waals surface area (Å²) in [6.07, 6.45) is 4.11. The number of aryl methyl sites for hydroxylation is 1. The van der Waals surface area contributed by atoms with Gasteiger partial charge in [-0.25, -0.2) is 4.79 Å². The summed E-state index contributed by atoms with van der Waals surface area (Å²) in [6, 6.07) is 0. The topological polar surface area (TPSA) is 84.6 Å². The summed E-state index contributed by atoms with van der Waals surface area (Å²) in [5.41, 5.74) is -1.88. The lowest BCUT2D eigenvalue weighted by Crippen LogP contribution is -2.41. The summed E-state index contributed by atoms with van der Waals surface area (Å²) < 4.78 is 6.84. The van der Waals surface area contributed by atoms with Gasteiger partial charge in [0.05, 0.1) is 12.4 Å². The maximum absolute atomic E-state index is 10.6. The molecule has 1 rings (SSSR count). The number of hydrogen-bond acceptors (Lipinski definition) is 4. The monoisotopic (exact) mass is 228 g/mol. The van der Waals surface area contributed by atoms with Crippen molar-refractivity contribution in [2.24, 2.45) is 0 Å². The predicted molar refractivity (Wildman–Crippen MR) is 56.3 cm³/mol. The fourth-order valence-corrected chi connectivity index (χ4v) is 1.06. The maximum atomic E-state index is 10.6. The van der Waals surface area contributed by atoms with Crippen LogP contribution < -0.4 is 4.74 Å². The smallest absolute Gasteiger partial charge is 0.339 e. The number of rotatable bonds is 6. The van der Waals surface area contributed by atoms with Crippen molar-refractivity contribution in [2.75, 3.05) is 6.61 Å². The molecule has 0 radical (unpaired) electrons. The van der Waals surface area contributed by atoms with Crippen LogP contribution in [0.15, 0.2) is 12.4 Å². The molecule has 0 saturated carbocycles. The van der Waals surface area contributed by atoms with E-state index in [1.807, 2.05) is 6.92 Å². The number of carbonyl (C=O) groups is 1. The second-order valence-electron chi connectivity index (χ2n) is 3.81. The predicted octanol–water partition coefficient (Wildman–Crippen LogP) is 0.507. The Morgan fingerprint density at radius 1 is 1.69 bits per heavy atom. The first kappa shape index (κ1) is 12.5. The van der Waals surface area contributed by atoms with Crippen LogP contribution in [0.4, 0.5) is 0 Å². The Morgan fingerprint density at radius 3 is 2.94 bits per heavy atom. The van der Waals surface area contributed by atoms with Crippen molar-refractivity contribution < 1.29 is 19.7 Å². The van der Waals surface area contributed by atoms with Crippen LogP contribution in [0.5, 0.6) is 5.75 Å². The summed E-state index contributed by atoms with van der Waals surface area (Å²) in [5.74, 6) is -0.858. The molecule has 0 aromatic carbocycles. The number of carboxylic acids is 1. The van der Waals surface area contributed by atoms with Crippen LogP contribution in [0.1, 0.15) is 20.3 Å². The second-order valence-corrected chi connectivity index (χ2v) is 3.81. The van der Waals surface area contributed by atoms with Crippen LogP contribution in [0.25, 0.3) is 0 Å². The second kappa shape index (κ2) is 4.98. The van der Waals surface area contributed by atoms with Gasteiger partial charge in [-0.1, -0.05) is 6.92 Å². The average Bonchev–Trinajstić information content (AvgIpc) is 2.63. The zero-order valence-corrected chi connectivity index (χ0v) is 9.38. The molecule has 0 spiro atoms. The fourth-order valence-electron chi connectivity index (χ4n) is 1.06. The van der Waals surface area contributed by atoms with E-state index in [0.717, 1.165) is 13.0 Å². The number of aliphatic hydroxyl groups is 1. The van der Waals surface area contributed by atoms with Gasteiger partial charge in [-0.05, 0) is 13.3 Å². The van der Waals surface area contributed by atoms with Gasteiger partial charge < -0.3 is 14.9 Å². The highest BCUT2D eigenvalue weighted by Crippen LogP contribution is 2.12. The third-order valence-corrected chi connectivity index (χ3v) is 2.04. The molecule has 1 aromatic heterocycles. The molecular formula is C10H16N2O4. The van der Waals surface area contributed by atoms with Crippen LogP contribution in [-0.2, 0) is 11.3 Å². The number of aromatic nitrogens is 2. The number of aliphatic carboxylic acids is 1. The average molecular weight is 228 g/mol. The highest BCUT2D eigenvalue weighted by atomic mass is 16.5. The minimum atomic E-state index is -1.88. The normalized spacial score (nSPS) is 14.4. The van der Waals surface area contributed by atoms with Gasteiger partial charge in [0, 0.05) is 6.54 Å². The van der Waals surface area contributed by atoms with Crippen molar-refractivity contribution in [3.8, 4) is 5.75 Å². The fraction of sp³-hybridized carbons (Fsp3) is 0.600. The zero-order chi connectivity index (χ0) is 12.2. The van der Waals surface area contributed by atoms with Crippen molar-refractivity contribution >= 4 is 5.97 Å². The molecule has 1 heterocycles. The summed E-state index contributed by atoms with van der Waals surface area (Å²) in [5, 5.41) is 22.1. The number of nitrogens with zero attached hydrogens (tertiary/aromatic N) is 2. The van der Waals surface area contributed by atoms with Crippen molar-refractivity contribution in [1.29, 1.82) is 0 Å². The molecule has 1 atom stereocenters. The Kier molecular flexibility index (Phi) is 3.89. The summed E-state index contributed by atoms with van der Waals surface area (Å²) in [6.45, 7) is 3.68. The minimum absolute atomic E-state index is 0.305. The highest BCUT2D eigenvalue weighted by molar-refractivity contribution is 5.76.